The summed E-state index contributed by atoms with van der Waals surface area (Å²) in [6.07, 6.45) is 1.59. The van der Waals surface area contributed by atoms with Gasteiger partial charge in [-0.05, 0) is 18.6 Å². The van der Waals surface area contributed by atoms with E-state index in [1.807, 2.05) is 0 Å². The Kier molecular flexibility index (Phi) is 4.47. The summed E-state index contributed by atoms with van der Waals surface area (Å²) in [4.78, 5) is 21.1. The smallest absolute Gasteiger partial charge is 0.311 e. The molecule has 0 unspecified atom stereocenters. The molecule has 0 saturated carbocycles. The molecule has 0 aromatic heterocycles. The van der Waals surface area contributed by atoms with Crippen molar-refractivity contribution in [1.82, 2.24) is 0 Å². The Labute approximate surface area is 86.9 Å². The predicted octanol–water partition coefficient (Wildman–Crippen LogP) is 2.10. The second kappa shape index (κ2) is 5.90. The molecule has 0 amide bonds. The first-order valence-electron chi connectivity index (χ1n) is 4.63. The number of rotatable bonds is 5. The molecular weight excluding hydrogens is 199 g/mol. The van der Waals surface area contributed by atoms with Gasteiger partial charge in [0.15, 0.2) is 11.6 Å². The van der Waals surface area contributed by atoms with Crippen LogP contribution in [0.3, 0.4) is 0 Å². The van der Waals surface area contributed by atoms with Crippen LogP contribution < -0.4 is 4.74 Å². The van der Waals surface area contributed by atoms with E-state index in [1.165, 1.54) is 18.2 Å². The van der Waals surface area contributed by atoms with Crippen LogP contribution in [0.15, 0.2) is 24.3 Å². The second-order valence-corrected chi connectivity index (χ2v) is 2.96. The molecule has 1 rings (SSSR count). The minimum absolute atomic E-state index is 0.0754. The van der Waals surface area contributed by atoms with Crippen LogP contribution in [0.5, 0.6) is 5.75 Å². The van der Waals surface area contributed by atoms with Gasteiger partial charge in [0.05, 0.1) is 0 Å². The number of benzene rings is 1. The van der Waals surface area contributed by atoms with Crippen molar-refractivity contribution in [1.29, 1.82) is 0 Å². The molecule has 1 aromatic rings. The summed E-state index contributed by atoms with van der Waals surface area (Å²) in [7, 11) is 0. The first-order valence-corrected chi connectivity index (χ1v) is 4.63. The summed E-state index contributed by atoms with van der Waals surface area (Å²) < 4.78 is 17.8. The molecule has 80 valence electrons. The monoisotopic (exact) mass is 210 g/mol. The Hall–Kier alpha value is -1.71. The van der Waals surface area contributed by atoms with Gasteiger partial charge in [-0.2, -0.15) is 0 Å². The van der Waals surface area contributed by atoms with Crippen LogP contribution in [0.4, 0.5) is 4.39 Å². The summed E-state index contributed by atoms with van der Waals surface area (Å²) in [5, 5.41) is 0. The van der Waals surface area contributed by atoms with E-state index in [9.17, 15) is 14.0 Å². The highest BCUT2D eigenvalue weighted by atomic mass is 19.1. The molecule has 4 heteroatoms. The molecule has 0 aliphatic heterocycles. The van der Waals surface area contributed by atoms with Crippen molar-refractivity contribution in [3.05, 3.63) is 30.1 Å². The van der Waals surface area contributed by atoms with Gasteiger partial charge in [0.1, 0.15) is 6.29 Å². The van der Waals surface area contributed by atoms with Crippen LogP contribution in [0.25, 0.3) is 0 Å². The average molecular weight is 210 g/mol. The van der Waals surface area contributed by atoms with Gasteiger partial charge in [-0.15, -0.1) is 0 Å². The molecule has 0 saturated heterocycles. The molecule has 0 atom stereocenters. The number of carbonyl (C=O) groups is 2. The Balaban J connectivity index is 2.44. The summed E-state index contributed by atoms with van der Waals surface area (Å²) in [5.41, 5.74) is 0. The zero-order valence-electron chi connectivity index (χ0n) is 8.11. The molecule has 0 spiro atoms. The molecular formula is C11H11FO3. The van der Waals surface area contributed by atoms with Crippen LogP contribution in [0.1, 0.15) is 19.3 Å². The zero-order valence-corrected chi connectivity index (χ0v) is 8.11. The predicted molar refractivity (Wildman–Crippen MR) is 52.0 cm³/mol. The fourth-order valence-corrected chi connectivity index (χ4v) is 1.03. The normalized spacial score (nSPS) is 9.67. The van der Waals surface area contributed by atoms with Crippen molar-refractivity contribution in [2.45, 2.75) is 19.3 Å². The van der Waals surface area contributed by atoms with Gasteiger partial charge in [-0.1, -0.05) is 12.1 Å². The van der Waals surface area contributed by atoms with Gasteiger partial charge in [-0.3, -0.25) is 4.79 Å². The number of ether oxygens (including phenoxy) is 1. The van der Waals surface area contributed by atoms with Crippen molar-refractivity contribution in [2.75, 3.05) is 0 Å². The lowest BCUT2D eigenvalue weighted by atomic mass is 10.2. The molecule has 0 aliphatic rings. The number of hydrogen-bond acceptors (Lipinski definition) is 3. The highest BCUT2D eigenvalue weighted by Gasteiger charge is 2.07. The number of hydrogen-bond donors (Lipinski definition) is 0. The van der Waals surface area contributed by atoms with E-state index in [-0.39, 0.29) is 12.2 Å². The van der Waals surface area contributed by atoms with Crippen LogP contribution >= 0.6 is 0 Å². The van der Waals surface area contributed by atoms with E-state index in [0.29, 0.717) is 12.8 Å². The Morgan fingerprint density at radius 1 is 1.40 bits per heavy atom. The van der Waals surface area contributed by atoms with Crippen LogP contribution in [0, 0.1) is 5.82 Å². The third kappa shape index (κ3) is 3.89. The van der Waals surface area contributed by atoms with Gasteiger partial charge in [0.2, 0.25) is 0 Å². The average Bonchev–Trinajstić information content (AvgIpc) is 2.22. The Morgan fingerprint density at radius 2 is 2.13 bits per heavy atom. The van der Waals surface area contributed by atoms with E-state index in [2.05, 4.69) is 0 Å². The molecule has 15 heavy (non-hydrogen) atoms. The molecule has 0 radical (unpaired) electrons. The molecule has 3 nitrogen and oxygen atoms in total. The van der Waals surface area contributed by atoms with Crippen molar-refractivity contribution in [2.24, 2.45) is 0 Å². The van der Waals surface area contributed by atoms with E-state index in [0.717, 1.165) is 6.29 Å². The summed E-state index contributed by atoms with van der Waals surface area (Å²) >= 11 is 0. The molecule has 0 bridgehead atoms. The van der Waals surface area contributed by atoms with Crippen molar-refractivity contribution >= 4 is 12.3 Å². The van der Waals surface area contributed by atoms with Crippen molar-refractivity contribution in [3.8, 4) is 5.75 Å². The van der Waals surface area contributed by atoms with Gasteiger partial charge in [-0.25, -0.2) is 4.39 Å². The standard InChI is InChI=1S/C11H11FO3/c12-9-5-1-2-6-10(9)15-11(14)7-3-4-8-13/h1-2,5-6,8H,3-4,7H2. The minimum Gasteiger partial charge on any atom is -0.423 e. The number of unbranched alkanes of at least 4 members (excludes halogenated alkanes) is 1. The van der Waals surface area contributed by atoms with E-state index in [4.69, 9.17) is 4.74 Å². The minimum atomic E-state index is -0.568. The first kappa shape index (κ1) is 11.4. The molecule has 0 N–H and O–H groups in total. The lowest BCUT2D eigenvalue weighted by molar-refractivity contribution is -0.134. The summed E-state index contributed by atoms with van der Waals surface area (Å²) in [6.45, 7) is 0. The highest BCUT2D eigenvalue weighted by molar-refractivity contribution is 5.72. The maximum atomic E-state index is 13.0. The Bertz CT molecular complexity index is 349. The summed E-state index contributed by atoms with van der Waals surface area (Å²) in [5.74, 6) is -1.17. The van der Waals surface area contributed by atoms with Gasteiger partial charge < -0.3 is 9.53 Å². The van der Waals surface area contributed by atoms with Gasteiger partial charge in [0, 0.05) is 12.8 Å². The third-order valence-corrected chi connectivity index (χ3v) is 1.76. The van der Waals surface area contributed by atoms with E-state index < -0.39 is 11.8 Å². The molecule has 0 fully saturated rings. The largest absolute Gasteiger partial charge is 0.423 e. The van der Waals surface area contributed by atoms with Crippen LogP contribution in [-0.2, 0) is 9.59 Å². The lowest BCUT2D eigenvalue weighted by Crippen LogP contribution is -2.08. The van der Waals surface area contributed by atoms with E-state index in [1.54, 1.807) is 6.07 Å². The number of para-hydroxylation sites is 1. The maximum Gasteiger partial charge on any atom is 0.311 e. The van der Waals surface area contributed by atoms with Crippen molar-refractivity contribution < 1.29 is 18.7 Å². The fourth-order valence-electron chi connectivity index (χ4n) is 1.03. The maximum absolute atomic E-state index is 13.0. The Morgan fingerprint density at radius 3 is 2.80 bits per heavy atom. The molecule has 0 heterocycles. The van der Waals surface area contributed by atoms with Gasteiger partial charge in [0.25, 0.3) is 0 Å². The number of esters is 1. The number of carbonyl (C=O) groups excluding carboxylic acids is 2. The number of halogens is 1. The third-order valence-electron chi connectivity index (χ3n) is 1.76. The zero-order chi connectivity index (χ0) is 11.1. The summed E-state index contributed by atoms with van der Waals surface area (Å²) in [6, 6.07) is 5.69. The topological polar surface area (TPSA) is 43.4 Å². The van der Waals surface area contributed by atoms with Gasteiger partial charge >= 0.3 is 5.97 Å². The van der Waals surface area contributed by atoms with Crippen LogP contribution in [-0.4, -0.2) is 12.3 Å². The first-order chi connectivity index (χ1) is 7.24. The molecule has 1 aromatic carbocycles. The van der Waals surface area contributed by atoms with E-state index >= 15 is 0 Å². The molecule has 0 aliphatic carbocycles. The number of aldehydes is 1. The SMILES string of the molecule is O=CCCCC(=O)Oc1ccccc1F. The van der Waals surface area contributed by atoms with Crippen molar-refractivity contribution in [3.63, 3.8) is 0 Å². The fraction of sp³-hybridized carbons (Fsp3) is 0.273. The quantitative estimate of drug-likeness (QED) is 0.323. The van der Waals surface area contributed by atoms with Crippen LogP contribution in [0.2, 0.25) is 0 Å². The highest BCUT2D eigenvalue weighted by Crippen LogP contribution is 2.16. The second-order valence-electron chi connectivity index (χ2n) is 2.96. The lowest BCUT2D eigenvalue weighted by Gasteiger charge is -2.03.